The highest BCUT2D eigenvalue weighted by Crippen LogP contribution is 2.15. The Morgan fingerprint density at radius 1 is 1.26 bits per heavy atom. The molecule has 1 unspecified atom stereocenters. The van der Waals surface area contributed by atoms with Gasteiger partial charge in [0.2, 0.25) is 0 Å². The minimum Gasteiger partial charge on any atom is -0.310 e. The van der Waals surface area contributed by atoms with Crippen LogP contribution in [0.15, 0.2) is 30.5 Å². The summed E-state index contributed by atoms with van der Waals surface area (Å²) in [4.78, 5) is 0. The van der Waals surface area contributed by atoms with Crippen molar-refractivity contribution < 1.29 is 8.78 Å². The van der Waals surface area contributed by atoms with Crippen LogP contribution < -0.4 is 5.32 Å². The largest absolute Gasteiger partial charge is 0.310 e. The number of nitrogens with zero attached hydrogens (tertiary/aromatic N) is 2. The number of aromatic nitrogens is 2. The van der Waals surface area contributed by atoms with Gasteiger partial charge < -0.3 is 5.32 Å². The van der Waals surface area contributed by atoms with Gasteiger partial charge in [0.1, 0.15) is 0 Å². The quantitative estimate of drug-likeness (QED) is 0.900. The van der Waals surface area contributed by atoms with Crippen LogP contribution in [0.1, 0.15) is 24.2 Å². The molecule has 1 aromatic heterocycles. The Balaban J connectivity index is 1.89. The van der Waals surface area contributed by atoms with Gasteiger partial charge in [0.05, 0.1) is 0 Å². The monoisotopic (exact) mass is 265 g/mol. The van der Waals surface area contributed by atoms with E-state index in [1.54, 1.807) is 12.3 Å². The van der Waals surface area contributed by atoms with Crippen LogP contribution in [-0.2, 0) is 13.5 Å². The number of aryl methyl sites for hydroxylation is 1. The molecule has 1 atom stereocenters. The third-order valence-corrected chi connectivity index (χ3v) is 3.20. The summed E-state index contributed by atoms with van der Waals surface area (Å²) in [5.41, 5.74) is 1.87. The van der Waals surface area contributed by atoms with Gasteiger partial charge in [-0.3, -0.25) is 4.68 Å². The standard InChI is InChI=1S/C14H17F2N3/c1-10(11-3-4-13(15)14(16)9-11)17-7-5-12-6-8-18-19(12)2/h3-4,6,8-10,17H,5,7H2,1-2H3. The van der Waals surface area contributed by atoms with Crippen molar-refractivity contribution in [1.82, 2.24) is 15.1 Å². The van der Waals surface area contributed by atoms with Gasteiger partial charge in [-0.05, 0) is 30.7 Å². The van der Waals surface area contributed by atoms with Gasteiger partial charge >= 0.3 is 0 Å². The normalized spacial score (nSPS) is 12.6. The number of hydrogen-bond acceptors (Lipinski definition) is 2. The third kappa shape index (κ3) is 3.38. The van der Waals surface area contributed by atoms with Crippen molar-refractivity contribution in [3.8, 4) is 0 Å². The number of benzene rings is 1. The van der Waals surface area contributed by atoms with Crippen LogP contribution in [0.4, 0.5) is 8.78 Å². The maximum absolute atomic E-state index is 13.1. The van der Waals surface area contributed by atoms with E-state index in [1.165, 1.54) is 6.07 Å². The van der Waals surface area contributed by atoms with Crippen molar-refractivity contribution in [2.45, 2.75) is 19.4 Å². The Hall–Kier alpha value is -1.75. The molecule has 5 heteroatoms. The van der Waals surface area contributed by atoms with Crippen molar-refractivity contribution in [2.24, 2.45) is 7.05 Å². The van der Waals surface area contributed by atoms with Crippen molar-refractivity contribution in [1.29, 1.82) is 0 Å². The van der Waals surface area contributed by atoms with Gasteiger partial charge in [0.25, 0.3) is 0 Å². The molecule has 0 aliphatic carbocycles. The van der Waals surface area contributed by atoms with Gasteiger partial charge in [-0.2, -0.15) is 5.10 Å². The molecule has 19 heavy (non-hydrogen) atoms. The van der Waals surface area contributed by atoms with Gasteiger partial charge in [0, 0.05) is 37.9 Å². The fourth-order valence-corrected chi connectivity index (χ4v) is 1.96. The third-order valence-electron chi connectivity index (χ3n) is 3.20. The fourth-order valence-electron chi connectivity index (χ4n) is 1.96. The predicted octanol–water partition coefficient (Wildman–Crippen LogP) is 2.59. The Bertz CT molecular complexity index is 551. The second-order valence-corrected chi connectivity index (χ2v) is 4.55. The summed E-state index contributed by atoms with van der Waals surface area (Å²) in [5, 5.41) is 7.37. The van der Waals surface area contributed by atoms with Gasteiger partial charge in [-0.15, -0.1) is 0 Å². The van der Waals surface area contributed by atoms with Gasteiger partial charge in [-0.1, -0.05) is 6.07 Å². The van der Waals surface area contributed by atoms with E-state index in [1.807, 2.05) is 24.7 Å². The zero-order valence-electron chi connectivity index (χ0n) is 11.0. The van der Waals surface area contributed by atoms with Crippen LogP contribution in [-0.4, -0.2) is 16.3 Å². The van der Waals surface area contributed by atoms with Gasteiger partial charge in [-0.25, -0.2) is 8.78 Å². The number of halogens is 2. The van der Waals surface area contributed by atoms with Crippen LogP contribution in [0, 0.1) is 11.6 Å². The summed E-state index contributed by atoms with van der Waals surface area (Å²) in [5.74, 6) is -1.62. The van der Waals surface area contributed by atoms with Crippen LogP contribution >= 0.6 is 0 Å². The Morgan fingerprint density at radius 3 is 2.68 bits per heavy atom. The molecule has 1 aromatic carbocycles. The Kier molecular flexibility index (Phi) is 4.27. The Morgan fingerprint density at radius 2 is 2.05 bits per heavy atom. The second-order valence-electron chi connectivity index (χ2n) is 4.55. The lowest BCUT2D eigenvalue weighted by Crippen LogP contribution is -2.22. The number of rotatable bonds is 5. The molecule has 2 rings (SSSR count). The van der Waals surface area contributed by atoms with Crippen molar-refractivity contribution >= 4 is 0 Å². The molecular weight excluding hydrogens is 248 g/mol. The Labute approximate surface area is 111 Å². The van der Waals surface area contributed by atoms with E-state index in [0.29, 0.717) is 0 Å². The van der Waals surface area contributed by atoms with E-state index in [9.17, 15) is 8.78 Å². The molecular formula is C14H17F2N3. The van der Waals surface area contributed by atoms with E-state index >= 15 is 0 Å². The molecule has 3 nitrogen and oxygen atoms in total. The molecule has 0 aliphatic rings. The summed E-state index contributed by atoms with van der Waals surface area (Å²) in [6, 6.07) is 5.92. The first-order valence-corrected chi connectivity index (χ1v) is 6.23. The molecule has 0 radical (unpaired) electrons. The summed E-state index contributed by atoms with van der Waals surface area (Å²) < 4.78 is 27.8. The molecule has 0 bridgehead atoms. The highest BCUT2D eigenvalue weighted by molar-refractivity contribution is 5.20. The summed E-state index contributed by atoms with van der Waals surface area (Å²) >= 11 is 0. The lowest BCUT2D eigenvalue weighted by molar-refractivity contribution is 0.500. The van der Waals surface area contributed by atoms with Crippen molar-refractivity contribution in [3.05, 3.63) is 53.4 Å². The molecule has 1 heterocycles. The van der Waals surface area contributed by atoms with Gasteiger partial charge in [0.15, 0.2) is 11.6 Å². The maximum Gasteiger partial charge on any atom is 0.159 e. The minimum absolute atomic E-state index is 0.0247. The van der Waals surface area contributed by atoms with E-state index in [0.717, 1.165) is 30.3 Å². The topological polar surface area (TPSA) is 29.9 Å². The fraction of sp³-hybridized carbons (Fsp3) is 0.357. The first-order valence-electron chi connectivity index (χ1n) is 6.23. The van der Waals surface area contributed by atoms with E-state index in [2.05, 4.69) is 10.4 Å². The first-order chi connectivity index (χ1) is 9.08. The van der Waals surface area contributed by atoms with Crippen LogP contribution in [0.2, 0.25) is 0 Å². The number of nitrogens with one attached hydrogen (secondary N) is 1. The predicted molar refractivity (Wildman–Crippen MR) is 69.7 cm³/mol. The molecule has 0 aliphatic heterocycles. The van der Waals surface area contributed by atoms with E-state index in [4.69, 9.17) is 0 Å². The van der Waals surface area contributed by atoms with Crippen LogP contribution in [0.25, 0.3) is 0 Å². The molecule has 0 saturated heterocycles. The molecule has 0 fully saturated rings. The van der Waals surface area contributed by atoms with E-state index in [-0.39, 0.29) is 6.04 Å². The SMILES string of the molecule is CC(NCCc1ccnn1C)c1ccc(F)c(F)c1. The molecule has 1 N–H and O–H groups in total. The smallest absolute Gasteiger partial charge is 0.159 e. The average molecular weight is 265 g/mol. The minimum atomic E-state index is -0.814. The highest BCUT2D eigenvalue weighted by atomic mass is 19.2. The summed E-state index contributed by atoms with van der Waals surface area (Å²) in [6.07, 6.45) is 2.60. The summed E-state index contributed by atoms with van der Waals surface area (Å²) in [7, 11) is 1.90. The van der Waals surface area contributed by atoms with E-state index < -0.39 is 11.6 Å². The number of hydrogen-bond donors (Lipinski definition) is 1. The summed E-state index contributed by atoms with van der Waals surface area (Å²) in [6.45, 7) is 2.68. The highest BCUT2D eigenvalue weighted by Gasteiger charge is 2.09. The first kappa shape index (κ1) is 13.7. The lowest BCUT2D eigenvalue weighted by atomic mass is 10.1. The molecule has 0 spiro atoms. The van der Waals surface area contributed by atoms with Crippen molar-refractivity contribution in [2.75, 3.05) is 6.54 Å². The van der Waals surface area contributed by atoms with Crippen LogP contribution in [0.5, 0.6) is 0 Å². The lowest BCUT2D eigenvalue weighted by Gasteiger charge is -2.14. The van der Waals surface area contributed by atoms with Crippen molar-refractivity contribution in [3.63, 3.8) is 0 Å². The average Bonchev–Trinajstić information content (AvgIpc) is 2.78. The zero-order valence-corrected chi connectivity index (χ0v) is 11.0. The molecule has 2 aromatic rings. The second kappa shape index (κ2) is 5.93. The molecule has 102 valence electrons. The van der Waals surface area contributed by atoms with Crippen LogP contribution in [0.3, 0.4) is 0 Å². The molecule has 0 amide bonds. The molecule has 0 saturated carbocycles. The maximum atomic E-state index is 13.1. The zero-order chi connectivity index (χ0) is 13.8.